The molecule has 4 nitrogen and oxygen atoms in total. The summed E-state index contributed by atoms with van der Waals surface area (Å²) < 4.78 is 0. The first kappa shape index (κ1) is 10.4. The number of nitrogens with two attached hydrogens (primary N) is 1. The number of ketones is 1. The second-order valence-electron chi connectivity index (χ2n) is 2.63. The maximum absolute atomic E-state index is 11.2. The van der Waals surface area contributed by atoms with Gasteiger partial charge in [0.15, 0.2) is 5.78 Å². The van der Waals surface area contributed by atoms with Crippen LogP contribution in [-0.4, -0.2) is 16.8 Å². The minimum absolute atomic E-state index is 0.0192. The van der Waals surface area contributed by atoms with Gasteiger partial charge >= 0.3 is 0 Å². The third-order valence-corrected chi connectivity index (χ3v) is 1.95. The number of carbonyl (C=O) groups is 1. The SMILES string of the molecule is N#Cc1cc(C(=O)CCl)c(O)cc1N. The van der Waals surface area contributed by atoms with Crippen molar-refractivity contribution in [3.8, 4) is 11.8 Å². The maximum Gasteiger partial charge on any atom is 0.181 e. The van der Waals surface area contributed by atoms with E-state index in [0.717, 1.165) is 0 Å². The highest BCUT2D eigenvalue weighted by atomic mass is 35.5. The number of carbonyl (C=O) groups excluding carboxylic acids is 1. The molecule has 0 heterocycles. The van der Waals surface area contributed by atoms with E-state index < -0.39 is 5.78 Å². The van der Waals surface area contributed by atoms with Crippen LogP contribution in [0.15, 0.2) is 12.1 Å². The van der Waals surface area contributed by atoms with E-state index in [4.69, 9.17) is 22.6 Å². The summed E-state index contributed by atoms with van der Waals surface area (Å²) >= 11 is 5.32. The quantitative estimate of drug-likeness (QED) is 0.437. The van der Waals surface area contributed by atoms with Crippen molar-refractivity contribution >= 4 is 23.1 Å². The molecule has 3 N–H and O–H groups in total. The molecule has 0 aliphatic heterocycles. The van der Waals surface area contributed by atoms with Gasteiger partial charge in [-0.3, -0.25) is 4.79 Å². The van der Waals surface area contributed by atoms with Gasteiger partial charge in [0.1, 0.15) is 11.8 Å². The van der Waals surface area contributed by atoms with Gasteiger partial charge in [-0.05, 0) is 6.07 Å². The Hall–Kier alpha value is -1.73. The third-order valence-electron chi connectivity index (χ3n) is 1.71. The van der Waals surface area contributed by atoms with Crippen molar-refractivity contribution in [1.82, 2.24) is 0 Å². The Morgan fingerprint density at radius 1 is 1.64 bits per heavy atom. The van der Waals surface area contributed by atoms with E-state index in [0.29, 0.717) is 0 Å². The summed E-state index contributed by atoms with van der Waals surface area (Å²) in [7, 11) is 0. The van der Waals surface area contributed by atoms with Crippen LogP contribution in [0.25, 0.3) is 0 Å². The minimum Gasteiger partial charge on any atom is -0.507 e. The number of phenolic OH excluding ortho intramolecular Hbond substituents is 1. The van der Waals surface area contributed by atoms with E-state index >= 15 is 0 Å². The Balaban J connectivity index is 3.33. The Morgan fingerprint density at radius 3 is 2.79 bits per heavy atom. The van der Waals surface area contributed by atoms with Crippen LogP contribution >= 0.6 is 11.6 Å². The van der Waals surface area contributed by atoms with Gasteiger partial charge in [0, 0.05) is 6.07 Å². The van der Waals surface area contributed by atoms with Crippen LogP contribution < -0.4 is 5.73 Å². The van der Waals surface area contributed by atoms with Crippen molar-refractivity contribution in [2.24, 2.45) is 0 Å². The lowest BCUT2D eigenvalue weighted by molar-refractivity contribution is 0.101. The molecule has 0 aromatic heterocycles. The highest BCUT2D eigenvalue weighted by Gasteiger charge is 2.12. The van der Waals surface area contributed by atoms with E-state index in [2.05, 4.69) is 0 Å². The van der Waals surface area contributed by atoms with Gasteiger partial charge in [-0.2, -0.15) is 5.26 Å². The van der Waals surface area contributed by atoms with Crippen LogP contribution in [0.4, 0.5) is 5.69 Å². The zero-order valence-electron chi connectivity index (χ0n) is 7.12. The second-order valence-corrected chi connectivity index (χ2v) is 2.89. The highest BCUT2D eigenvalue weighted by molar-refractivity contribution is 6.30. The predicted octanol–water partition coefficient (Wildman–Crippen LogP) is 1.27. The van der Waals surface area contributed by atoms with Crippen molar-refractivity contribution in [2.75, 3.05) is 11.6 Å². The normalized spacial score (nSPS) is 9.43. The summed E-state index contributed by atoms with van der Waals surface area (Å²) in [6.07, 6.45) is 0. The molecule has 72 valence electrons. The number of halogens is 1. The fraction of sp³-hybridized carbons (Fsp3) is 0.111. The van der Waals surface area contributed by atoms with Gasteiger partial charge in [0.25, 0.3) is 0 Å². The number of benzene rings is 1. The summed E-state index contributed by atoms with van der Waals surface area (Å²) in [4.78, 5) is 11.2. The van der Waals surface area contributed by atoms with Crippen molar-refractivity contribution in [2.45, 2.75) is 0 Å². The molecule has 0 atom stereocenters. The van der Waals surface area contributed by atoms with Crippen molar-refractivity contribution in [1.29, 1.82) is 5.26 Å². The molecule has 0 aliphatic rings. The Morgan fingerprint density at radius 2 is 2.29 bits per heavy atom. The molecule has 14 heavy (non-hydrogen) atoms. The molecule has 5 heteroatoms. The first-order chi connectivity index (χ1) is 6.60. The van der Waals surface area contributed by atoms with E-state index in [9.17, 15) is 9.90 Å². The van der Waals surface area contributed by atoms with Gasteiger partial charge in [0.2, 0.25) is 0 Å². The summed E-state index contributed by atoms with van der Waals surface area (Å²) in [5, 5.41) is 18.0. The monoisotopic (exact) mass is 210 g/mol. The average Bonchev–Trinajstić information content (AvgIpc) is 2.17. The third kappa shape index (κ3) is 1.78. The number of hydrogen-bond acceptors (Lipinski definition) is 4. The second kappa shape index (κ2) is 3.99. The zero-order valence-corrected chi connectivity index (χ0v) is 7.88. The summed E-state index contributed by atoms with van der Waals surface area (Å²) in [6.45, 7) is 0. The summed E-state index contributed by atoms with van der Waals surface area (Å²) in [5.41, 5.74) is 5.72. The lowest BCUT2D eigenvalue weighted by atomic mass is 10.1. The molecule has 0 amide bonds. The number of alkyl halides is 1. The van der Waals surface area contributed by atoms with Crippen molar-refractivity contribution in [3.63, 3.8) is 0 Å². The molecule has 1 rings (SSSR count). The molecule has 0 spiro atoms. The van der Waals surface area contributed by atoms with Crippen LogP contribution in [0.3, 0.4) is 0 Å². The molecule has 1 aromatic carbocycles. The van der Waals surface area contributed by atoms with E-state index in [1.54, 1.807) is 0 Å². The summed E-state index contributed by atoms with van der Waals surface area (Å²) in [5.74, 6) is -0.949. The van der Waals surface area contributed by atoms with E-state index in [-0.39, 0.29) is 28.4 Å². The van der Waals surface area contributed by atoms with Gasteiger partial charge in [-0.15, -0.1) is 11.6 Å². The molecule has 0 fully saturated rings. The standard InChI is InChI=1S/C9H7ClN2O2/c10-3-9(14)6-1-5(4-11)7(12)2-8(6)13/h1-2,13H,3,12H2. The molecule has 0 unspecified atom stereocenters. The number of anilines is 1. The Kier molecular flexibility index (Phi) is 2.95. The Bertz CT molecular complexity index is 424. The molecular weight excluding hydrogens is 204 g/mol. The van der Waals surface area contributed by atoms with Crippen LogP contribution in [0.2, 0.25) is 0 Å². The predicted molar refractivity (Wildman–Crippen MR) is 52.3 cm³/mol. The van der Waals surface area contributed by atoms with Gasteiger partial charge in [-0.1, -0.05) is 0 Å². The van der Waals surface area contributed by atoms with Crippen LogP contribution in [0.5, 0.6) is 5.75 Å². The summed E-state index contributed by atoms with van der Waals surface area (Å²) in [6, 6.07) is 4.21. The average molecular weight is 211 g/mol. The van der Waals surface area contributed by atoms with Crippen molar-refractivity contribution < 1.29 is 9.90 Å². The number of phenols is 1. The Labute approximate surface area is 85.5 Å². The number of Topliss-reactive ketones (excluding diaryl/α,β-unsaturated/α-hetero) is 1. The van der Waals surface area contributed by atoms with Gasteiger partial charge in [-0.25, -0.2) is 0 Å². The fourth-order valence-electron chi connectivity index (χ4n) is 0.997. The number of rotatable bonds is 2. The number of nitrogens with zero attached hydrogens (tertiary/aromatic N) is 1. The number of aromatic hydroxyl groups is 1. The maximum atomic E-state index is 11.2. The number of hydrogen-bond donors (Lipinski definition) is 2. The first-order valence-electron chi connectivity index (χ1n) is 3.72. The topological polar surface area (TPSA) is 87.1 Å². The zero-order chi connectivity index (χ0) is 10.7. The van der Waals surface area contributed by atoms with Crippen molar-refractivity contribution in [3.05, 3.63) is 23.3 Å². The minimum atomic E-state index is -0.444. The first-order valence-corrected chi connectivity index (χ1v) is 4.25. The number of nitriles is 1. The van der Waals surface area contributed by atoms with Gasteiger partial charge in [0.05, 0.1) is 22.7 Å². The molecule has 0 saturated heterocycles. The van der Waals surface area contributed by atoms with Crippen LogP contribution in [0.1, 0.15) is 15.9 Å². The lowest BCUT2D eigenvalue weighted by Gasteiger charge is -2.04. The highest BCUT2D eigenvalue weighted by Crippen LogP contribution is 2.24. The van der Waals surface area contributed by atoms with Gasteiger partial charge < -0.3 is 10.8 Å². The molecule has 0 saturated carbocycles. The lowest BCUT2D eigenvalue weighted by Crippen LogP contribution is -2.02. The van der Waals surface area contributed by atoms with Crippen LogP contribution in [-0.2, 0) is 0 Å². The largest absolute Gasteiger partial charge is 0.507 e. The molecule has 0 bridgehead atoms. The molecule has 0 aliphatic carbocycles. The molecular formula is C9H7ClN2O2. The van der Waals surface area contributed by atoms with E-state index in [1.807, 2.05) is 6.07 Å². The van der Waals surface area contributed by atoms with Crippen LogP contribution in [0, 0.1) is 11.3 Å². The molecule has 1 aromatic rings. The smallest absolute Gasteiger partial charge is 0.181 e. The molecule has 0 radical (unpaired) electrons. The fourth-order valence-corrected chi connectivity index (χ4v) is 1.14. The number of nitrogen functional groups attached to an aromatic ring is 1. The van der Waals surface area contributed by atoms with E-state index in [1.165, 1.54) is 12.1 Å².